The molecule has 0 amide bonds. The summed E-state index contributed by atoms with van der Waals surface area (Å²) in [5, 5.41) is 9.39. The number of ether oxygens (including phenoxy) is 4. The van der Waals surface area contributed by atoms with E-state index >= 15 is 0 Å². The van der Waals surface area contributed by atoms with E-state index in [1.165, 1.54) is 19.8 Å². The molecule has 29 heavy (non-hydrogen) atoms. The van der Waals surface area contributed by atoms with Crippen molar-refractivity contribution in [2.45, 2.75) is 83.3 Å². The maximum absolute atomic E-state index is 9.38. The molecule has 1 aromatic rings. The summed E-state index contributed by atoms with van der Waals surface area (Å²) < 4.78 is 31.7. The third kappa shape index (κ3) is 4.11. The zero-order valence-electron chi connectivity index (χ0n) is 18.3. The van der Waals surface area contributed by atoms with Gasteiger partial charge in [-0.05, 0) is 32.0 Å². The van der Waals surface area contributed by atoms with Crippen LogP contribution in [0, 0.1) is 11.3 Å². The maximum atomic E-state index is 9.38. The molecule has 4 atom stereocenters. The number of aromatic nitrogens is 2. The van der Waals surface area contributed by atoms with Gasteiger partial charge in [-0.3, -0.25) is 4.57 Å². The summed E-state index contributed by atoms with van der Waals surface area (Å²) in [4.78, 5) is 8.36. The molecule has 0 bridgehead atoms. The summed E-state index contributed by atoms with van der Waals surface area (Å²) in [6.07, 6.45) is 0.732. The molecule has 0 saturated carbocycles. The van der Waals surface area contributed by atoms with Gasteiger partial charge >= 0.3 is 0 Å². The molecule has 0 unspecified atom stereocenters. The van der Waals surface area contributed by atoms with Crippen LogP contribution in [0.15, 0.2) is 11.3 Å². The van der Waals surface area contributed by atoms with Crippen LogP contribution in [0.25, 0.3) is 0 Å². The summed E-state index contributed by atoms with van der Waals surface area (Å²) in [6.45, 7) is 14.6. The number of imidazole rings is 1. The van der Waals surface area contributed by atoms with Crippen molar-refractivity contribution in [1.82, 2.24) is 9.55 Å². The van der Waals surface area contributed by atoms with Gasteiger partial charge < -0.3 is 23.4 Å². The fourth-order valence-electron chi connectivity index (χ4n) is 3.18. The fourth-order valence-corrected chi connectivity index (χ4v) is 4.30. The van der Waals surface area contributed by atoms with E-state index in [0.717, 1.165) is 0 Å². The number of fused-ring (bicyclic) bond motifs is 1. The number of hydrogen-bond acceptors (Lipinski definition) is 8. The molecular formula is C19H30N4O5Si. The first-order valence-electron chi connectivity index (χ1n) is 9.61. The highest BCUT2D eigenvalue weighted by molar-refractivity contribution is 6.74. The Labute approximate surface area is 172 Å². The van der Waals surface area contributed by atoms with Gasteiger partial charge in [-0.25, -0.2) is 4.98 Å². The monoisotopic (exact) mass is 422 g/mol. The summed E-state index contributed by atoms with van der Waals surface area (Å²) >= 11 is 0. The number of nitrogens with zero attached hydrogens (tertiary/aromatic N) is 4. The lowest BCUT2D eigenvalue weighted by Gasteiger charge is -2.39. The molecule has 3 rings (SSSR count). The largest absolute Gasteiger partial charge is 0.486 e. The molecule has 0 aliphatic carbocycles. The lowest BCUT2D eigenvalue weighted by atomic mass is 10.2. The van der Waals surface area contributed by atoms with Gasteiger partial charge in [-0.2, -0.15) is 10.3 Å². The van der Waals surface area contributed by atoms with Crippen molar-refractivity contribution in [3.8, 4) is 6.07 Å². The van der Waals surface area contributed by atoms with Crippen LogP contribution < -0.4 is 0 Å². The molecule has 2 fully saturated rings. The standard InChI is InChI=1S/C19H30N4O5Si/c1-18(2,3)29(7,8)28-17-14-13(26-19(4,5)27-14)16(25-17)23-10-21-12(9-20)15(23)22-11-24-6/h10-11,13-14,16-17H,1-8H3/b22-11+/t13-,14+,16-,17-/m1/s1. The molecular weight excluding hydrogens is 392 g/mol. The Balaban J connectivity index is 1.96. The van der Waals surface area contributed by atoms with Crippen molar-refractivity contribution in [2.75, 3.05) is 7.11 Å². The highest BCUT2D eigenvalue weighted by atomic mass is 28.4. The van der Waals surface area contributed by atoms with Crippen LogP contribution in [-0.2, 0) is 23.4 Å². The number of nitriles is 1. The quantitative estimate of drug-likeness (QED) is 0.407. The van der Waals surface area contributed by atoms with Crippen molar-refractivity contribution in [1.29, 1.82) is 5.26 Å². The predicted molar refractivity (Wildman–Crippen MR) is 108 cm³/mol. The predicted octanol–water partition coefficient (Wildman–Crippen LogP) is 3.46. The van der Waals surface area contributed by atoms with E-state index in [9.17, 15) is 5.26 Å². The molecule has 0 spiro atoms. The van der Waals surface area contributed by atoms with E-state index in [-0.39, 0.29) is 10.7 Å². The van der Waals surface area contributed by atoms with E-state index in [1.807, 2.05) is 19.9 Å². The zero-order valence-corrected chi connectivity index (χ0v) is 19.3. The van der Waals surface area contributed by atoms with E-state index in [0.29, 0.717) is 5.82 Å². The summed E-state index contributed by atoms with van der Waals surface area (Å²) in [7, 11) is -0.646. The normalized spacial score (nSPS) is 29.2. The summed E-state index contributed by atoms with van der Waals surface area (Å²) in [6, 6.07) is 2.04. The molecule has 0 aromatic carbocycles. The van der Waals surface area contributed by atoms with Crippen molar-refractivity contribution >= 4 is 20.5 Å². The third-order valence-corrected chi connectivity index (χ3v) is 10.1. The average Bonchev–Trinajstić information content (AvgIpc) is 3.23. The molecule has 1 aromatic heterocycles. The Kier molecular flexibility index (Phi) is 5.66. The molecule has 10 heteroatoms. The second kappa shape index (κ2) is 7.48. The fraction of sp³-hybridized carbons (Fsp3) is 0.737. The van der Waals surface area contributed by atoms with Crippen LogP contribution in [0.3, 0.4) is 0 Å². The lowest BCUT2D eigenvalue weighted by Crippen LogP contribution is -2.47. The average molecular weight is 423 g/mol. The van der Waals surface area contributed by atoms with Gasteiger partial charge in [0.2, 0.25) is 0 Å². The number of methoxy groups -OCH3 is 1. The Morgan fingerprint density at radius 3 is 2.55 bits per heavy atom. The Morgan fingerprint density at radius 1 is 1.31 bits per heavy atom. The minimum absolute atomic E-state index is 0.00975. The van der Waals surface area contributed by atoms with Crippen molar-refractivity contribution in [3.05, 3.63) is 12.0 Å². The van der Waals surface area contributed by atoms with Crippen LogP contribution in [-0.4, -0.2) is 55.7 Å². The first kappa shape index (κ1) is 21.9. The van der Waals surface area contributed by atoms with Crippen molar-refractivity contribution in [3.63, 3.8) is 0 Å². The van der Waals surface area contributed by atoms with Crippen molar-refractivity contribution in [2.24, 2.45) is 4.99 Å². The molecule has 0 N–H and O–H groups in total. The van der Waals surface area contributed by atoms with Crippen LogP contribution in [0.4, 0.5) is 5.82 Å². The smallest absolute Gasteiger partial charge is 0.195 e. The minimum atomic E-state index is -2.13. The Hall–Kier alpha value is -1.77. The summed E-state index contributed by atoms with van der Waals surface area (Å²) in [5.41, 5.74) is 0.172. The molecule has 9 nitrogen and oxygen atoms in total. The van der Waals surface area contributed by atoms with E-state index in [4.69, 9.17) is 23.4 Å². The minimum Gasteiger partial charge on any atom is -0.486 e. The van der Waals surface area contributed by atoms with E-state index in [1.54, 1.807) is 4.57 Å². The van der Waals surface area contributed by atoms with Gasteiger partial charge in [0.15, 0.2) is 44.5 Å². The highest BCUT2D eigenvalue weighted by Crippen LogP contribution is 2.47. The second-order valence-corrected chi connectivity index (χ2v) is 14.0. The third-order valence-electron chi connectivity index (χ3n) is 5.63. The molecule has 2 aliphatic heterocycles. The molecule has 0 radical (unpaired) electrons. The number of hydrogen-bond donors (Lipinski definition) is 0. The molecule has 3 heterocycles. The van der Waals surface area contributed by atoms with Gasteiger partial charge in [-0.1, -0.05) is 20.8 Å². The van der Waals surface area contributed by atoms with Crippen LogP contribution in [0.1, 0.15) is 46.5 Å². The number of rotatable bonds is 5. The van der Waals surface area contributed by atoms with E-state index in [2.05, 4.69) is 43.8 Å². The van der Waals surface area contributed by atoms with Gasteiger partial charge in [0.1, 0.15) is 24.6 Å². The van der Waals surface area contributed by atoms with Gasteiger partial charge in [-0.15, -0.1) is 0 Å². The highest BCUT2D eigenvalue weighted by Gasteiger charge is 2.58. The topological polar surface area (TPSA) is 100 Å². The van der Waals surface area contributed by atoms with Gasteiger partial charge in [0.05, 0.1) is 7.11 Å². The van der Waals surface area contributed by atoms with Crippen LogP contribution >= 0.6 is 0 Å². The zero-order chi connectivity index (χ0) is 21.6. The SMILES string of the molecule is CO/C=N/c1c(C#N)ncn1[C@@H]1O[C@H](O[Si](C)(C)C(C)(C)C)[C@H]2OC(C)(C)O[C@H]21. The van der Waals surface area contributed by atoms with Crippen LogP contribution in [0.2, 0.25) is 18.1 Å². The first-order valence-corrected chi connectivity index (χ1v) is 12.5. The Morgan fingerprint density at radius 2 is 1.97 bits per heavy atom. The summed E-state index contributed by atoms with van der Waals surface area (Å²) in [5.74, 6) is -0.444. The van der Waals surface area contributed by atoms with Gasteiger partial charge in [0, 0.05) is 0 Å². The maximum Gasteiger partial charge on any atom is 0.195 e. The Bertz CT molecular complexity index is 824. The van der Waals surface area contributed by atoms with Gasteiger partial charge in [0.25, 0.3) is 0 Å². The molecule has 160 valence electrons. The molecule has 2 saturated heterocycles. The molecule has 2 aliphatic rings. The second-order valence-electron chi connectivity index (χ2n) is 9.24. The lowest BCUT2D eigenvalue weighted by molar-refractivity contribution is -0.226. The number of aliphatic imine (C=N–C) groups is 1. The van der Waals surface area contributed by atoms with E-state index < -0.39 is 38.8 Å². The first-order chi connectivity index (χ1) is 13.4. The van der Waals surface area contributed by atoms with Crippen molar-refractivity contribution < 1.29 is 23.4 Å². The van der Waals surface area contributed by atoms with Crippen LogP contribution in [0.5, 0.6) is 0 Å².